The largest absolute Gasteiger partial charge is 0.381 e. The van der Waals surface area contributed by atoms with Crippen molar-refractivity contribution in [3.8, 4) is 11.3 Å². The lowest BCUT2D eigenvalue weighted by Crippen LogP contribution is -1.90. The van der Waals surface area contributed by atoms with Crippen molar-refractivity contribution in [2.75, 3.05) is 5.73 Å². The Bertz CT molecular complexity index is 445. The lowest BCUT2D eigenvalue weighted by Gasteiger charge is -2.05. The summed E-state index contributed by atoms with van der Waals surface area (Å²) >= 11 is 1.15. The van der Waals surface area contributed by atoms with Gasteiger partial charge in [-0.3, -0.25) is 0 Å². The van der Waals surface area contributed by atoms with Crippen LogP contribution in [0, 0.1) is 0 Å². The second-order valence-electron chi connectivity index (χ2n) is 3.77. The van der Waals surface area contributed by atoms with E-state index in [1.807, 2.05) is 12.1 Å². The van der Waals surface area contributed by atoms with Gasteiger partial charge < -0.3 is 5.73 Å². The number of hydrogen-bond donors (Lipinski definition) is 1. The van der Waals surface area contributed by atoms with Crippen LogP contribution in [0.4, 0.5) is 5.82 Å². The SMILES string of the molecule is CC(C)c1ccc(-c2nsnc2N)cc1. The number of nitrogens with two attached hydrogens (primary N) is 1. The first-order valence-electron chi connectivity index (χ1n) is 4.87. The van der Waals surface area contributed by atoms with Crippen LogP contribution < -0.4 is 5.73 Å². The highest BCUT2D eigenvalue weighted by atomic mass is 32.1. The summed E-state index contributed by atoms with van der Waals surface area (Å²) in [5, 5.41) is 0. The van der Waals surface area contributed by atoms with E-state index < -0.39 is 0 Å². The van der Waals surface area contributed by atoms with E-state index in [-0.39, 0.29) is 0 Å². The van der Waals surface area contributed by atoms with E-state index in [0.717, 1.165) is 23.0 Å². The highest BCUT2D eigenvalue weighted by Gasteiger charge is 2.07. The fourth-order valence-corrected chi connectivity index (χ4v) is 1.92. The molecule has 0 unspecified atom stereocenters. The predicted molar refractivity (Wildman–Crippen MR) is 63.8 cm³/mol. The number of hydrogen-bond acceptors (Lipinski definition) is 4. The molecule has 3 nitrogen and oxygen atoms in total. The van der Waals surface area contributed by atoms with Gasteiger partial charge in [0.05, 0.1) is 11.7 Å². The van der Waals surface area contributed by atoms with Crippen molar-refractivity contribution in [1.29, 1.82) is 0 Å². The zero-order chi connectivity index (χ0) is 10.8. The minimum Gasteiger partial charge on any atom is -0.381 e. The van der Waals surface area contributed by atoms with Crippen molar-refractivity contribution < 1.29 is 0 Å². The van der Waals surface area contributed by atoms with Crippen LogP contribution in [0.5, 0.6) is 0 Å². The normalized spacial score (nSPS) is 10.9. The molecule has 0 aliphatic carbocycles. The van der Waals surface area contributed by atoms with Crippen LogP contribution in [-0.4, -0.2) is 8.75 Å². The Morgan fingerprint density at radius 3 is 2.27 bits per heavy atom. The number of nitrogen functional groups attached to an aromatic ring is 1. The van der Waals surface area contributed by atoms with Gasteiger partial charge in [-0.05, 0) is 11.5 Å². The van der Waals surface area contributed by atoms with Crippen LogP contribution in [-0.2, 0) is 0 Å². The highest BCUT2D eigenvalue weighted by Crippen LogP contribution is 2.25. The van der Waals surface area contributed by atoms with Gasteiger partial charge >= 0.3 is 0 Å². The van der Waals surface area contributed by atoms with E-state index >= 15 is 0 Å². The summed E-state index contributed by atoms with van der Waals surface area (Å²) < 4.78 is 8.12. The average molecular weight is 219 g/mol. The summed E-state index contributed by atoms with van der Waals surface area (Å²) in [4.78, 5) is 0. The Kier molecular flexibility index (Phi) is 2.68. The molecular formula is C11H13N3S. The van der Waals surface area contributed by atoms with Gasteiger partial charge in [0.25, 0.3) is 0 Å². The van der Waals surface area contributed by atoms with Crippen LogP contribution in [0.15, 0.2) is 24.3 Å². The van der Waals surface area contributed by atoms with Crippen molar-refractivity contribution in [3.63, 3.8) is 0 Å². The molecule has 0 aliphatic rings. The molecule has 78 valence electrons. The molecule has 0 spiro atoms. The molecule has 1 aromatic heterocycles. The van der Waals surface area contributed by atoms with E-state index in [9.17, 15) is 0 Å². The Morgan fingerprint density at radius 1 is 1.13 bits per heavy atom. The van der Waals surface area contributed by atoms with E-state index in [0.29, 0.717) is 11.7 Å². The summed E-state index contributed by atoms with van der Waals surface area (Å²) in [5.74, 6) is 1.06. The van der Waals surface area contributed by atoms with Crippen molar-refractivity contribution >= 4 is 17.5 Å². The third-order valence-electron chi connectivity index (χ3n) is 2.36. The van der Waals surface area contributed by atoms with Crippen molar-refractivity contribution in [1.82, 2.24) is 8.75 Å². The third-order valence-corrected chi connectivity index (χ3v) is 2.91. The Hall–Kier alpha value is -1.42. The standard InChI is InChI=1S/C11H13N3S/c1-7(2)8-3-5-9(6-4-8)10-11(12)14-15-13-10/h3-7H,1-2H3,(H2,12,14). The molecule has 0 aliphatic heterocycles. The van der Waals surface area contributed by atoms with Gasteiger partial charge in [0.2, 0.25) is 0 Å². The molecule has 0 atom stereocenters. The topological polar surface area (TPSA) is 51.8 Å². The number of benzene rings is 1. The Balaban J connectivity index is 2.36. The summed E-state index contributed by atoms with van der Waals surface area (Å²) in [6, 6.07) is 8.31. The molecule has 0 radical (unpaired) electrons. The number of rotatable bonds is 2. The Morgan fingerprint density at radius 2 is 1.80 bits per heavy atom. The third kappa shape index (κ3) is 1.99. The van der Waals surface area contributed by atoms with Crippen molar-refractivity contribution in [3.05, 3.63) is 29.8 Å². The first-order valence-corrected chi connectivity index (χ1v) is 5.60. The van der Waals surface area contributed by atoms with Gasteiger partial charge in [0.15, 0.2) is 5.82 Å². The number of aromatic nitrogens is 2. The van der Waals surface area contributed by atoms with Crippen molar-refractivity contribution in [2.24, 2.45) is 0 Å². The molecule has 0 saturated carbocycles. The molecule has 2 rings (SSSR count). The molecule has 0 bridgehead atoms. The number of nitrogens with zero attached hydrogens (tertiary/aromatic N) is 2. The maximum absolute atomic E-state index is 5.71. The van der Waals surface area contributed by atoms with Crippen LogP contribution in [0.1, 0.15) is 25.3 Å². The molecule has 2 aromatic rings. The van der Waals surface area contributed by atoms with Crippen LogP contribution in [0.25, 0.3) is 11.3 Å². The molecule has 1 aromatic carbocycles. The van der Waals surface area contributed by atoms with E-state index in [1.165, 1.54) is 5.56 Å². The quantitative estimate of drug-likeness (QED) is 0.845. The zero-order valence-electron chi connectivity index (χ0n) is 8.77. The first kappa shape index (κ1) is 10.1. The first-order chi connectivity index (χ1) is 7.18. The second-order valence-corrected chi connectivity index (χ2v) is 4.30. The maximum Gasteiger partial charge on any atom is 0.165 e. The number of anilines is 1. The summed E-state index contributed by atoms with van der Waals surface area (Å²) in [6.07, 6.45) is 0. The minimum atomic E-state index is 0.511. The van der Waals surface area contributed by atoms with E-state index in [2.05, 4.69) is 34.7 Å². The fraction of sp³-hybridized carbons (Fsp3) is 0.273. The van der Waals surface area contributed by atoms with Crippen LogP contribution in [0.2, 0.25) is 0 Å². The summed E-state index contributed by atoms with van der Waals surface area (Å²) in [7, 11) is 0. The van der Waals surface area contributed by atoms with Gasteiger partial charge in [-0.1, -0.05) is 38.1 Å². The Labute approximate surface area is 93.3 Å². The molecule has 1 heterocycles. The van der Waals surface area contributed by atoms with Crippen LogP contribution in [0.3, 0.4) is 0 Å². The summed E-state index contributed by atoms with van der Waals surface area (Å²) in [5.41, 5.74) is 8.85. The van der Waals surface area contributed by atoms with E-state index in [1.54, 1.807) is 0 Å². The fourth-order valence-electron chi connectivity index (χ4n) is 1.42. The molecule has 15 heavy (non-hydrogen) atoms. The molecule has 0 amide bonds. The summed E-state index contributed by atoms with van der Waals surface area (Å²) in [6.45, 7) is 4.35. The average Bonchev–Trinajstić information content (AvgIpc) is 2.65. The molecule has 2 N–H and O–H groups in total. The molecular weight excluding hydrogens is 206 g/mol. The van der Waals surface area contributed by atoms with E-state index in [4.69, 9.17) is 5.73 Å². The molecule has 4 heteroatoms. The smallest absolute Gasteiger partial charge is 0.165 e. The van der Waals surface area contributed by atoms with Gasteiger partial charge in [-0.25, -0.2) is 0 Å². The molecule has 0 fully saturated rings. The lowest BCUT2D eigenvalue weighted by molar-refractivity contribution is 0.867. The predicted octanol–water partition coefficient (Wildman–Crippen LogP) is 2.91. The zero-order valence-corrected chi connectivity index (χ0v) is 9.58. The monoisotopic (exact) mass is 219 g/mol. The highest BCUT2D eigenvalue weighted by molar-refractivity contribution is 6.99. The minimum absolute atomic E-state index is 0.511. The van der Waals surface area contributed by atoms with Gasteiger partial charge in [0.1, 0.15) is 5.69 Å². The van der Waals surface area contributed by atoms with Crippen LogP contribution >= 0.6 is 11.7 Å². The van der Waals surface area contributed by atoms with Gasteiger partial charge in [-0.2, -0.15) is 8.75 Å². The van der Waals surface area contributed by atoms with Crippen molar-refractivity contribution in [2.45, 2.75) is 19.8 Å². The maximum atomic E-state index is 5.71. The van der Waals surface area contributed by atoms with Gasteiger partial charge in [-0.15, -0.1) is 0 Å². The van der Waals surface area contributed by atoms with Gasteiger partial charge in [0, 0.05) is 5.56 Å². The second kappa shape index (κ2) is 3.98. The molecule has 0 saturated heterocycles. The lowest BCUT2D eigenvalue weighted by atomic mass is 10.0.